The number of hydrogen-bond acceptors (Lipinski definition) is 6. The average Bonchev–Trinajstić information content (AvgIpc) is 3.81. The Hall–Kier alpha value is -2.65. The highest BCUT2D eigenvalue weighted by atomic mass is 35.5. The van der Waals surface area contributed by atoms with Crippen molar-refractivity contribution in [1.82, 2.24) is 16.0 Å². The quantitative estimate of drug-likeness (QED) is 0.306. The predicted molar refractivity (Wildman–Crippen MR) is 151 cm³/mol. The third-order valence-electron chi connectivity index (χ3n) is 7.37. The fourth-order valence-corrected chi connectivity index (χ4v) is 5.28. The molecule has 1 aliphatic heterocycles. The molecule has 8 nitrogen and oxygen atoms in total. The van der Waals surface area contributed by atoms with E-state index in [4.69, 9.17) is 21.1 Å². The number of benzene rings is 2. The summed E-state index contributed by atoms with van der Waals surface area (Å²) in [5.74, 6) is 0.868. The van der Waals surface area contributed by atoms with Crippen molar-refractivity contribution in [2.75, 3.05) is 47.1 Å². The van der Waals surface area contributed by atoms with Crippen molar-refractivity contribution in [2.24, 2.45) is 5.92 Å². The van der Waals surface area contributed by atoms with Crippen LogP contribution in [0.25, 0.3) is 0 Å². The molecule has 2 aromatic rings. The van der Waals surface area contributed by atoms with Gasteiger partial charge >= 0.3 is 6.09 Å². The summed E-state index contributed by atoms with van der Waals surface area (Å²) in [6, 6.07) is 13.8. The zero-order chi connectivity index (χ0) is 27.6. The normalized spacial score (nSPS) is 18.7. The van der Waals surface area contributed by atoms with Gasteiger partial charge in [0, 0.05) is 42.9 Å². The first kappa shape index (κ1) is 29.3. The fraction of sp³-hybridized carbons (Fsp3) is 0.533. The number of alkyl carbamates (subject to hydrolysis) is 1. The minimum absolute atomic E-state index is 0.101. The first-order valence-corrected chi connectivity index (χ1v) is 14.2. The summed E-state index contributed by atoms with van der Waals surface area (Å²) >= 11 is 6.32. The van der Waals surface area contributed by atoms with Crippen LogP contribution in [0.5, 0.6) is 0 Å². The van der Waals surface area contributed by atoms with E-state index in [9.17, 15) is 9.59 Å². The van der Waals surface area contributed by atoms with Crippen LogP contribution in [0.4, 0.5) is 4.79 Å². The van der Waals surface area contributed by atoms with Crippen LogP contribution in [0.3, 0.4) is 0 Å². The molecule has 9 heteroatoms. The second kappa shape index (κ2) is 14.7. The Balaban J connectivity index is 1.51. The Kier molecular flexibility index (Phi) is 11.0. The molecule has 4 rings (SSSR count). The van der Waals surface area contributed by atoms with E-state index in [0.717, 1.165) is 55.6 Å². The van der Waals surface area contributed by atoms with Crippen LogP contribution in [-0.4, -0.2) is 65.1 Å². The Bertz CT molecular complexity index is 1100. The van der Waals surface area contributed by atoms with Gasteiger partial charge in [-0.3, -0.25) is 4.79 Å². The van der Waals surface area contributed by atoms with Crippen LogP contribution >= 0.6 is 11.6 Å². The number of methoxy groups -OCH3 is 1. The zero-order valence-electron chi connectivity index (χ0n) is 22.8. The molecule has 0 radical (unpaired) electrons. The topological polar surface area (TPSA) is 97.9 Å². The fourth-order valence-electron chi connectivity index (χ4n) is 5.08. The van der Waals surface area contributed by atoms with E-state index in [1.165, 1.54) is 13.5 Å². The minimum Gasteiger partial charge on any atom is -0.453 e. The molecule has 3 atom stereocenters. The lowest BCUT2D eigenvalue weighted by molar-refractivity contribution is 0.0478. The van der Waals surface area contributed by atoms with Gasteiger partial charge < -0.3 is 30.2 Å². The summed E-state index contributed by atoms with van der Waals surface area (Å²) in [6.07, 6.45) is 4.49. The summed E-state index contributed by atoms with van der Waals surface area (Å²) in [5, 5.41) is 9.74. The maximum absolute atomic E-state index is 13.4. The Morgan fingerprint density at radius 3 is 2.64 bits per heavy atom. The van der Waals surface area contributed by atoms with Crippen LogP contribution in [0.2, 0.25) is 5.02 Å². The van der Waals surface area contributed by atoms with Crippen LogP contribution < -0.4 is 16.0 Å². The lowest BCUT2D eigenvalue weighted by Crippen LogP contribution is -2.41. The molecule has 0 aromatic heterocycles. The van der Waals surface area contributed by atoms with Gasteiger partial charge in [-0.25, -0.2) is 4.79 Å². The Morgan fingerprint density at radius 1 is 1.10 bits per heavy atom. The standard InChI is InChI=1S/C30H40ClN3O5/c1-32-27(13-20-5-4-11-38-19-20)18-34-29(35)25-15-23(21-8-9-21)14-24(16-25)28(22-6-3-7-26(31)17-22)39-12-10-33-30(36)37-2/h3,6-7,14-17,20-21,27-28,32H,4-5,8-13,18-19H2,1-2H3,(H,33,36)(H,34,35)/t20-,27?,28?/m1/s1. The number of halogens is 1. The number of hydrogen-bond donors (Lipinski definition) is 3. The molecule has 0 bridgehead atoms. The molecular formula is C30H40ClN3O5. The molecule has 39 heavy (non-hydrogen) atoms. The van der Waals surface area contributed by atoms with Gasteiger partial charge in [0.05, 0.1) is 13.7 Å². The number of carbonyl (C=O) groups is 2. The first-order valence-electron chi connectivity index (χ1n) is 13.8. The van der Waals surface area contributed by atoms with Crippen LogP contribution in [0.15, 0.2) is 42.5 Å². The predicted octanol–water partition coefficient (Wildman–Crippen LogP) is 4.81. The summed E-state index contributed by atoms with van der Waals surface area (Å²) < 4.78 is 16.6. The van der Waals surface area contributed by atoms with Crippen molar-refractivity contribution >= 4 is 23.6 Å². The third kappa shape index (κ3) is 8.93. The van der Waals surface area contributed by atoms with Gasteiger partial charge in [-0.05, 0) is 91.9 Å². The first-order chi connectivity index (χ1) is 19.0. The molecule has 212 valence electrons. The SMILES string of the molecule is CNC(CNC(=O)c1cc(C2CC2)cc(C(OCCNC(=O)OC)c2cccc(Cl)c2)c1)C[C@H]1CCCOC1. The van der Waals surface area contributed by atoms with Crippen LogP contribution in [0.1, 0.15) is 71.2 Å². The molecule has 1 saturated heterocycles. The van der Waals surface area contributed by atoms with Gasteiger partial charge in [-0.15, -0.1) is 0 Å². The maximum Gasteiger partial charge on any atom is 0.406 e. The summed E-state index contributed by atoms with van der Waals surface area (Å²) in [6.45, 7) is 2.73. The van der Waals surface area contributed by atoms with E-state index in [0.29, 0.717) is 29.0 Å². The number of amides is 2. The molecule has 0 spiro atoms. The monoisotopic (exact) mass is 557 g/mol. The van der Waals surface area contributed by atoms with Crippen molar-refractivity contribution in [1.29, 1.82) is 0 Å². The van der Waals surface area contributed by atoms with E-state index < -0.39 is 12.2 Å². The van der Waals surface area contributed by atoms with E-state index >= 15 is 0 Å². The van der Waals surface area contributed by atoms with Crippen LogP contribution in [0, 0.1) is 5.92 Å². The lowest BCUT2D eigenvalue weighted by atomic mass is 9.94. The van der Waals surface area contributed by atoms with Crippen LogP contribution in [-0.2, 0) is 14.2 Å². The number of rotatable bonds is 13. The summed E-state index contributed by atoms with van der Waals surface area (Å²) in [4.78, 5) is 24.9. The highest BCUT2D eigenvalue weighted by Gasteiger charge is 2.27. The van der Waals surface area contributed by atoms with Crippen molar-refractivity contribution < 1.29 is 23.8 Å². The molecule has 2 aliphatic rings. The smallest absolute Gasteiger partial charge is 0.406 e. The molecular weight excluding hydrogens is 518 g/mol. The summed E-state index contributed by atoms with van der Waals surface area (Å²) in [5.41, 5.74) is 3.53. The van der Waals surface area contributed by atoms with Gasteiger partial charge in [-0.2, -0.15) is 0 Å². The molecule has 3 N–H and O–H groups in total. The van der Waals surface area contributed by atoms with E-state index in [2.05, 4.69) is 26.8 Å². The van der Waals surface area contributed by atoms with Crippen molar-refractivity contribution in [3.8, 4) is 0 Å². The van der Waals surface area contributed by atoms with E-state index in [-0.39, 0.29) is 25.1 Å². The van der Waals surface area contributed by atoms with Crippen molar-refractivity contribution in [3.63, 3.8) is 0 Å². The lowest BCUT2D eigenvalue weighted by Gasteiger charge is -2.26. The number of ether oxygens (including phenoxy) is 3. The van der Waals surface area contributed by atoms with E-state index in [1.807, 2.05) is 43.4 Å². The molecule has 2 aromatic carbocycles. The second-order valence-corrected chi connectivity index (χ2v) is 10.8. The van der Waals surface area contributed by atoms with Crippen molar-refractivity contribution in [2.45, 2.75) is 50.2 Å². The number of nitrogens with one attached hydrogen (secondary N) is 3. The maximum atomic E-state index is 13.4. The number of carbonyl (C=O) groups excluding carboxylic acids is 2. The molecule has 2 unspecified atom stereocenters. The Labute approximate surface area is 236 Å². The molecule has 1 heterocycles. The molecule has 2 fully saturated rings. The molecule has 1 aliphatic carbocycles. The van der Waals surface area contributed by atoms with E-state index in [1.54, 1.807) is 0 Å². The third-order valence-corrected chi connectivity index (χ3v) is 7.61. The highest BCUT2D eigenvalue weighted by molar-refractivity contribution is 6.30. The highest BCUT2D eigenvalue weighted by Crippen LogP contribution is 2.42. The largest absolute Gasteiger partial charge is 0.453 e. The molecule has 2 amide bonds. The van der Waals surface area contributed by atoms with Gasteiger partial charge in [0.15, 0.2) is 0 Å². The van der Waals surface area contributed by atoms with Gasteiger partial charge in [0.1, 0.15) is 6.10 Å². The van der Waals surface area contributed by atoms with Gasteiger partial charge in [0.25, 0.3) is 5.91 Å². The Morgan fingerprint density at radius 2 is 1.95 bits per heavy atom. The molecule has 1 saturated carbocycles. The minimum atomic E-state index is -0.511. The average molecular weight is 558 g/mol. The van der Waals surface area contributed by atoms with Crippen molar-refractivity contribution in [3.05, 3.63) is 69.7 Å². The van der Waals surface area contributed by atoms with Gasteiger partial charge in [-0.1, -0.05) is 29.8 Å². The van der Waals surface area contributed by atoms with Gasteiger partial charge in [0.2, 0.25) is 0 Å². The second-order valence-electron chi connectivity index (χ2n) is 10.4. The zero-order valence-corrected chi connectivity index (χ0v) is 23.6. The summed E-state index contributed by atoms with van der Waals surface area (Å²) in [7, 11) is 3.26. The number of likely N-dealkylation sites (N-methyl/N-ethyl adjacent to an activating group) is 1.